The van der Waals surface area contributed by atoms with Crippen molar-refractivity contribution in [3.8, 4) is 0 Å². The minimum Gasteiger partial charge on any atom is -0.370 e. The van der Waals surface area contributed by atoms with Gasteiger partial charge in [-0.2, -0.15) is 0 Å². The fourth-order valence-electron chi connectivity index (χ4n) is 3.11. The van der Waals surface area contributed by atoms with E-state index in [0.717, 1.165) is 53.9 Å². The third-order valence-electron chi connectivity index (χ3n) is 4.53. The first-order valence-electron chi connectivity index (χ1n) is 8.90. The molecule has 6 heteroatoms. The predicted molar refractivity (Wildman–Crippen MR) is 103 cm³/mol. The van der Waals surface area contributed by atoms with Gasteiger partial charge in [-0.05, 0) is 32.4 Å². The largest absolute Gasteiger partial charge is 0.370 e. The highest BCUT2D eigenvalue weighted by atomic mass is 32.1. The second-order valence-corrected chi connectivity index (χ2v) is 7.94. The minimum atomic E-state index is 0.134. The average molecular weight is 359 g/mol. The molecule has 0 spiro atoms. The number of amides is 1. The van der Waals surface area contributed by atoms with Gasteiger partial charge in [-0.25, -0.2) is 4.98 Å². The van der Waals surface area contributed by atoms with Crippen LogP contribution >= 0.6 is 11.3 Å². The maximum absolute atomic E-state index is 13.0. The molecule has 1 aliphatic heterocycles. The van der Waals surface area contributed by atoms with Gasteiger partial charge in [-0.3, -0.25) is 9.78 Å². The van der Waals surface area contributed by atoms with E-state index in [-0.39, 0.29) is 5.91 Å². The number of anilines is 1. The highest BCUT2D eigenvalue weighted by molar-refractivity contribution is 7.13. The van der Waals surface area contributed by atoms with Gasteiger partial charge < -0.3 is 9.80 Å². The summed E-state index contributed by atoms with van der Waals surface area (Å²) >= 11 is 1.55. The van der Waals surface area contributed by atoms with Crippen molar-refractivity contribution in [1.82, 2.24) is 14.9 Å². The van der Waals surface area contributed by atoms with E-state index in [0.29, 0.717) is 5.92 Å². The first kappa shape index (κ1) is 17.9. The second-order valence-electron chi connectivity index (χ2n) is 6.91. The number of hydrogen-bond donors (Lipinski definition) is 0. The summed E-state index contributed by atoms with van der Waals surface area (Å²) in [6.45, 7) is 11.5. The number of carbonyl (C=O) groups excluding carboxylic acids is 1. The van der Waals surface area contributed by atoms with Crippen LogP contribution in [0.3, 0.4) is 0 Å². The van der Waals surface area contributed by atoms with Crippen LogP contribution in [0.5, 0.6) is 0 Å². The Hall–Kier alpha value is -1.95. The molecular formula is C19H26N4OS. The topological polar surface area (TPSA) is 49.3 Å². The smallest absolute Gasteiger partial charge is 0.265 e. The summed E-state index contributed by atoms with van der Waals surface area (Å²) in [6.07, 6.45) is 2.83. The van der Waals surface area contributed by atoms with Gasteiger partial charge >= 0.3 is 0 Å². The van der Waals surface area contributed by atoms with E-state index < -0.39 is 0 Å². The molecule has 1 fully saturated rings. The Balaban J connectivity index is 1.71. The molecule has 2 aromatic rings. The number of aryl methyl sites for hydroxylation is 2. The molecule has 0 aromatic carbocycles. The van der Waals surface area contributed by atoms with Gasteiger partial charge in [0.15, 0.2) is 0 Å². The van der Waals surface area contributed by atoms with Crippen LogP contribution in [-0.4, -0.2) is 47.0 Å². The summed E-state index contributed by atoms with van der Waals surface area (Å²) in [4.78, 5) is 27.0. The van der Waals surface area contributed by atoms with E-state index in [2.05, 4.69) is 34.8 Å². The van der Waals surface area contributed by atoms with E-state index in [4.69, 9.17) is 0 Å². The normalized spacial score (nSPS) is 15.6. The van der Waals surface area contributed by atoms with E-state index in [1.54, 1.807) is 11.3 Å². The molecule has 1 aliphatic rings. The molecule has 2 aromatic heterocycles. The van der Waals surface area contributed by atoms with Gasteiger partial charge in [-0.15, -0.1) is 11.3 Å². The van der Waals surface area contributed by atoms with Gasteiger partial charge in [0, 0.05) is 49.7 Å². The highest BCUT2D eigenvalue weighted by Crippen LogP contribution is 2.26. The van der Waals surface area contributed by atoms with Crippen molar-refractivity contribution >= 4 is 22.9 Å². The zero-order chi connectivity index (χ0) is 18.0. The van der Waals surface area contributed by atoms with Crippen molar-refractivity contribution in [1.29, 1.82) is 0 Å². The fourth-order valence-corrected chi connectivity index (χ4v) is 4.15. The van der Waals surface area contributed by atoms with Crippen molar-refractivity contribution in [3.63, 3.8) is 0 Å². The summed E-state index contributed by atoms with van der Waals surface area (Å²) < 4.78 is 0. The number of nitrogens with zero attached hydrogens (tertiary/aromatic N) is 4. The molecular weight excluding hydrogens is 332 g/mol. The lowest BCUT2D eigenvalue weighted by molar-refractivity contribution is 0.0771. The molecule has 1 saturated heterocycles. The Morgan fingerprint density at radius 2 is 2.00 bits per heavy atom. The third kappa shape index (κ3) is 4.00. The molecule has 0 atom stereocenters. The van der Waals surface area contributed by atoms with Gasteiger partial charge in [0.2, 0.25) is 0 Å². The molecule has 5 nitrogen and oxygen atoms in total. The zero-order valence-corrected chi connectivity index (χ0v) is 16.3. The first-order valence-corrected chi connectivity index (χ1v) is 9.71. The average Bonchev–Trinajstić information content (AvgIpc) is 2.81. The van der Waals surface area contributed by atoms with E-state index >= 15 is 0 Å². The third-order valence-corrected chi connectivity index (χ3v) is 5.98. The van der Waals surface area contributed by atoms with Crippen LogP contribution < -0.4 is 4.90 Å². The number of carbonyl (C=O) groups is 1. The van der Waals surface area contributed by atoms with Crippen LogP contribution in [-0.2, 0) is 0 Å². The highest BCUT2D eigenvalue weighted by Gasteiger charge is 2.24. The lowest BCUT2D eigenvalue weighted by Crippen LogP contribution is -2.35. The van der Waals surface area contributed by atoms with Crippen molar-refractivity contribution in [3.05, 3.63) is 39.6 Å². The molecule has 134 valence electrons. The predicted octanol–water partition coefficient (Wildman–Crippen LogP) is 3.63. The molecule has 0 unspecified atom stereocenters. The minimum absolute atomic E-state index is 0.134. The number of thiazole rings is 1. The van der Waals surface area contributed by atoms with Crippen LogP contribution in [0.1, 0.15) is 52.3 Å². The Bertz CT molecular complexity index is 756. The number of aromatic nitrogens is 2. The number of rotatable bonds is 3. The second kappa shape index (κ2) is 7.52. The molecule has 3 rings (SSSR count). The molecule has 0 N–H and O–H groups in total. The molecule has 0 bridgehead atoms. The summed E-state index contributed by atoms with van der Waals surface area (Å²) in [6, 6.07) is 4.16. The Kier molecular flexibility index (Phi) is 5.37. The van der Waals surface area contributed by atoms with E-state index in [1.807, 2.05) is 31.0 Å². The number of pyridine rings is 1. The monoisotopic (exact) mass is 358 g/mol. The summed E-state index contributed by atoms with van der Waals surface area (Å²) in [5.74, 6) is 0.495. The van der Waals surface area contributed by atoms with Crippen LogP contribution in [0.25, 0.3) is 0 Å². The summed E-state index contributed by atoms with van der Waals surface area (Å²) in [5.41, 5.74) is 3.08. The maximum Gasteiger partial charge on any atom is 0.265 e. The van der Waals surface area contributed by atoms with Crippen LogP contribution in [0.2, 0.25) is 0 Å². The Morgan fingerprint density at radius 1 is 1.20 bits per heavy atom. The van der Waals surface area contributed by atoms with Crippen LogP contribution in [0, 0.1) is 13.8 Å². The quantitative estimate of drug-likeness (QED) is 0.841. The SMILES string of the molecule is Cc1cc(N2CCCN(C(=O)c3sc(C(C)C)nc3C)CC2)ccn1. The van der Waals surface area contributed by atoms with E-state index in [1.165, 1.54) is 5.69 Å². The van der Waals surface area contributed by atoms with Gasteiger partial charge in [0.1, 0.15) is 4.88 Å². The lowest BCUT2D eigenvalue weighted by atomic mass is 10.2. The first-order chi connectivity index (χ1) is 12.0. The summed E-state index contributed by atoms with van der Waals surface area (Å²) in [7, 11) is 0. The van der Waals surface area contributed by atoms with Crippen LogP contribution in [0.4, 0.5) is 5.69 Å². The van der Waals surface area contributed by atoms with Gasteiger partial charge in [-0.1, -0.05) is 13.8 Å². The summed E-state index contributed by atoms with van der Waals surface area (Å²) in [5, 5.41) is 1.05. The number of hydrogen-bond acceptors (Lipinski definition) is 5. The zero-order valence-electron chi connectivity index (χ0n) is 15.5. The molecule has 3 heterocycles. The maximum atomic E-state index is 13.0. The van der Waals surface area contributed by atoms with Crippen LogP contribution in [0.15, 0.2) is 18.3 Å². The molecule has 1 amide bonds. The standard InChI is InChI=1S/C19H26N4OS/c1-13(2)18-21-15(4)17(25-18)19(24)23-9-5-8-22(10-11-23)16-6-7-20-14(3)12-16/h6-7,12-13H,5,8-11H2,1-4H3. The lowest BCUT2D eigenvalue weighted by Gasteiger charge is -2.23. The fraction of sp³-hybridized carbons (Fsp3) is 0.526. The van der Waals surface area contributed by atoms with Gasteiger partial charge in [0.05, 0.1) is 10.7 Å². The molecule has 0 radical (unpaired) electrons. The molecule has 0 aliphatic carbocycles. The van der Waals surface area contributed by atoms with Crippen molar-refractivity contribution in [2.75, 3.05) is 31.1 Å². The Morgan fingerprint density at radius 3 is 2.68 bits per heavy atom. The van der Waals surface area contributed by atoms with Crippen molar-refractivity contribution in [2.45, 2.75) is 40.0 Å². The molecule has 25 heavy (non-hydrogen) atoms. The van der Waals surface area contributed by atoms with Crippen molar-refractivity contribution < 1.29 is 4.79 Å². The van der Waals surface area contributed by atoms with E-state index in [9.17, 15) is 4.79 Å². The molecule has 0 saturated carbocycles. The Labute approximate surface area is 153 Å². The van der Waals surface area contributed by atoms with Crippen molar-refractivity contribution in [2.24, 2.45) is 0 Å². The van der Waals surface area contributed by atoms with Gasteiger partial charge in [0.25, 0.3) is 5.91 Å².